The number of halogens is 1. The number of methoxy groups -OCH3 is 2. The Morgan fingerprint density at radius 2 is 1.82 bits per heavy atom. The van der Waals surface area contributed by atoms with Crippen LogP contribution in [-0.4, -0.2) is 22.6 Å². The zero-order valence-electron chi connectivity index (χ0n) is 8.92. The molecule has 0 unspecified atom stereocenters. The van der Waals surface area contributed by atoms with Crippen LogP contribution >= 0.6 is 0 Å². The van der Waals surface area contributed by atoms with Gasteiger partial charge >= 0.3 is 0 Å². The van der Waals surface area contributed by atoms with Gasteiger partial charge in [0.05, 0.1) is 14.2 Å². The Morgan fingerprint density at radius 3 is 2.29 bits per heavy atom. The molecule has 0 amide bonds. The van der Waals surface area contributed by atoms with Gasteiger partial charge in [0.25, 0.3) is 10.0 Å². The molecule has 0 aliphatic heterocycles. The number of hydrogen-bond acceptors (Lipinski definition) is 4. The number of hydrogen-bond donors (Lipinski definition) is 0. The summed E-state index contributed by atoms with van der Waals surface area (Å²) < 4.78 is 48.3. The molecule has 0 aliphatic carbocycles. The molecular formula is C8H8FN3O4S. The van der Waals surface area contributed by atoms with Crippen LogP contribution in [0, 0.1) is 5.82 Å². The Kier molecular flexibility index (Phi) is 3.77. The van der Waals surface area contributed by atoms with Gasteiger partial charge in [0.1, 0.15) is 10.7 Å². The Labute approximate surface area is 96.4 Å². The zero-order chi connectivity index (χ0) is 13.1. The number of nitrogens with zero attached hydrogens (tertiary/aromatic N) is 3. The van der Waals surface area contributed by atoms with Crippen molar-refractivity contribution in [2.75, 3.05) is 14.2 Å². The summed E-state index contributed by atoms with van der Waals surface area (Å²) in [6.45, 7) is 0. The molecule has 9 heteroatoms. The molecular weight excluding hydrogens is 253 g/mol. The fourth-order valence-electron chi connectivity index (χ4n) is 1.13. The molecule has 0 heterocycles. The highest BCUT2D eigenvalue weighted by Crippen LogP contribution is 2.32. The van der Waals surface area contributed by atoms with E-state index in [1.54, 1.807) is 0 Å². The van der Waals surface area contributed by atoms with Crippen molar-refractivity contribution in [2.45, 2.75) is 4.90 Å². The third-order valence-electron chi connectivity index (χ3n) is 1.86. The van der Waals surface area contributed by atoms with Gasteiger partial charge in [0.15, 0.2) is 11.5 Å². The Morgan fingerprint density at radius 1 is 1.29 bits per heavy atom. The number of sulfonamides is 1. The molecule has 0 saturated carbocycles. The number of azide groups is 1. The second-order valence-electron chi connectivity index (χ2n) is 2.78. The highest BCUT2D eigenvalue weighted by Gasteiger charge is 2.21. The molecule has 0 saturated heterocycles. The van der Waals surface area contributed by atoms with Gasteiger partial charge in [0, 0.05) is 21.6 Å². The number of ether oxygens (including phenoxy) is 2. The maximum absolute atomic E-state index is 13.5. The second kappa shape index (κ2) is 4.89. The van der Waals surface area contributed by atoms with Gasteiger partial charge in [-0.25, -0.2) is 12.8 Å². The van der Waals surface area contributed by atoms with Crippen LogP contribution in [0.5, 0.6) is 11.5 Å². The molecule has 0 fully saturated rings. The van der Waals surface area contributed by atoms with E-state index in [0.717, 1.165) is 12.1 Å². The van der Waals surface area contributed by atoms with Crippen molar-refractivity contribution in [3.8, 4) is 11.5 Å². The highest BCUT2D eigenvalue weighted by molar-refractivity contribution is 7.90. The predicted octanol–water partition coefficient (Wildman–Crippen LogP) is 1.84. The molecule has 0 N–H and O–H groups in total. The summed E-state index contributed by atoms with van der Waals surface area (Å²) in [5, 5.41) is 0. The molecule has 92 valence electrons. The van der Waals surface area contributed by atoms with E-state index in [-0.39, 0.29) is 11.5 Å². The maximum Gasteiger partial charge on any atom is 0.267 e. The highest BCUT2D eigenvalue weighted by atomic mass is 32.2. The first kappa shape index (κ1) is 13.1. The fraction of sp³-hybridized carbons (Fsp3) is 0.250. The van der Waals surface area contributed by atoms with Crippen molar-refractivity contribution in [2.24, 2.45) is 4.52 Å². The molecule has 7 nitrogen and oxygen atoms in total. The quantitative estimate of drug-likeness (QED) is 0.468. The first-order valence-electron chi connectivity index (χ1n) is 4.19. The van der Waals surface area contributed by atoms with E-state index in [1.165, 1.54) is 14.2 Å². The molecule has 0 atom stereocenters. The summed E-state index contributed by atoms with van der Waals surface area (Å²) in [6, 6.07) is 1.72. The lowest BCUT2D eigenvalue weighted by Gasteiger charge is -2.09. The first-order chi connectivity index (χ1) is 7.96. The van der Waals surface area contributed by atoms with Crippen LogP contribution in [0.4, 0.5) is 4.39 Å². The number of rotatable bonds is 4. The van der Waals surface area contributed by atoms with E-state index < -0.39 is 20.7 Å². The monoisotopic (exact) mass is 261 g/mol. The lowest BCUT2D eigenvalue weighted by molar-refractivity contribution is 0.350. The molecule has 0 spiro atoms. The average Bonchev–Trinajstić information content (AvgIpc) is 2.28. The summed E-state index contributed by atoms with van der Waals surface area (Å²) in [7, 11) is -1.86. The van der Waals surface area contributed by atoms with Crippen LogP contribution in [0.25, 0.3) is 10.4 Å². The fourth-order valence-corrected chi connectivity index (χ4v) is 1.87. The minimum absolute atomic E-state index is 0.0145. The summed E-state index contributed by atoms with van der Waals surface area (Å²) in [5.74, 6) is -1.04. The van der Waals surface area contributed by atoms with Crippen LogP contribution < -0.4 is 9.47 Å². The van der Waals surface area contributed by atoms with Gasteiger partial charge in [-0.1, -0.05) is 0 Å². The molecule has 1 aromatic carbocycles. The molecule has 1 rings (SSSR count). The average molecular weight is 261 g/mol. The number of benzene rings is 1. The van der Waals surface area contributed by atoms with Gasteiger partial charge in [-0.15, -0.1) is 0 Å². The smallest absolute Gasteiger partial charge is 0.267 e. The standard InChI is InChI=1S/C8H8FN3O4S/c1-15-6-3-5(9)8(4-7(6)16-2)17(13,14)12-11-10/h3-4H,1-2H3. The molecule has 0 radical (unpaired) electrons. The topological polar surface area (TPSA) is 101 Å². The van der Waals surface area contributed by atoms with Crippen LogP contribution in [0.3, 0.4) is 0 Å². The van der Waals surface area contributed by atoms with Crippen molar-refractivity contribution >= 4 is 10.0 Å². The summed E-state index contributed by atoms with van der Waals surface area (Å²) in [5.41, 5.74) is 8.08. The normalized spacial score (nSPS) is 10.5. The summed E-state index contributed by atoms with van der Waals surface area (Å²) >= 11 is 0. The van der Waals surface area contributed by atoms with Crippen molar-refractivity contribution in [3.63, 3.8) is 0 Å². The lowest BCUT2D eigenvalue weighted by atomic mass is 10.3. The third kappa shape index (κ3) is 2.58. The predicted molar refractivity (Wildman–Crippen MR) is 55.8 cm³/mol. The van der Waals surface area contributed by atoms with E-state index in [2.05, 4.69) is 9.43 Å². The van der Waals surface area contributed by atoms with Crippen LogP contribution in [0.15, 0.2) is 21.5 Å². The van der Waals surface area contributed by atoms with Crippen molar-refractivity contribution in [1.82, 2.24) is 0 Å². The molecule has 17 heavy (non-hydrogen) atoms. The van der Waals surface area contributed by atoms with Gasteiger partial charge < -0.3 is 9.47 Å². The van der Waals surface area contributed by atoms with Crippen molar-refractivity contribution < 1.29 is 22.3 Å². The van der Waals surface area contributed by atoms with E-state index in [1.807, 2.05) is 0 Å². The van der Waals surface area contributed by atoms with E-state index >= 15 is 0 Å². The summed E-state index contributed by atoms with van der Waals surface area (Å²) in [4.78, 5) is 1.35. The first-order valence-corrected chi connectivity index (χ1v) is 5.63. The van der Waals surface area contributed by atoms with Crippen LogP contribution in [0.1, 0.15) is 0 Å². The molecule has 0 aromatic heterocycles. The third-order valence-corrected chi connectivity index (χ3v) is 3.02. The largest absolute Gasteiger partial charge is 0.493 e. The Hall–Kier alpha value is -1.99. The second-order valence-corrected chi connectivity index (χ2v) is 4.34. The van der Waals surface area contributed by atoms with Crippen LogP contribution in [-0.2, 0) is 10.0 Å². The van der Waals surface area contributed by atoms with Gasteiger partial charge in [0.2, 0.25) is 0 Å². The van der Waals surface area contributed by atoms with Crippen LogP contribution in [0.2, 0.25) is 0 Å². The Balaban J connectivity index is 3.52. The molecule has 0 bridgehead atoms. The van der Waals surface area contributed by atoms with E-state index in [4.69, 9.17) is 15.0 Å². The van der Waals surface area contributed by atoms with Gasteiger partial charge in [-0.3, -0.25) is 0 Å². The molecule has 1 aromatic rings. The molecule has 0 aliphatic rings. The van der Waals surface area contributed by atoms with Gasteiger partial charge in [-0.2, -0.15) is 0 Å². The maximum atomic E-state index is 13.5. The van der Waals surface area contributed by atoms with Gasteiger partial charge in [-0.05, 0) is 5.53 Å². The summed E-state index contributed by atoms with van der Waals surface area (Å²) in [6.07, 6.45) is 0. The van der Waals surface area contributed by atoms with E-state index in [9.17, 15) is 12.8 Å². The SMILES string of the molecule is COc1cc(F)c(S(=O)(=O)N=[N+]=[N-])cc1OC. The van der Waals surface area contributed by atoms with E-state index in [0.29, 0.717) is 0 Å². The Bertz CT molecular complexity index is 581. The lowest BCUT2D eigenvalue weighted by Crippen LogP contribution is -2.01. The van der Waals surface area contributed by atoms with Crippen molar-refractivity contribution in [1.29, 1.82) is 0 Å². The van der Waals surface area contributed by atoms with Crippen molar-refractivity contribution in [3.05, 3.63) is 28.4 Å². The zero-order valence-corrected chi connectivity index (χ0v) is 9.73. The minimum atomic E-state index is -4.40. The minimum Gasteiger partial charge on any atom is -0.493 e.